The van der Waals surface area contributed by atoms with Gasteiger partial charge in [-0.25, -0.2) is 17.6 Å². The van der Waals surface area contributed by atoms with E-state index in [1.807, 2.05) is 0 Å². The van der Waals surface area contributed by atoms with E-state index in [4.69, 9.17) is 0 Å². The third kappa shape index (κ3) is 4.34. The van der Waals surface area contributed by atoms with Crippen molar-refractivity contribution in [1.82, 2.24) is 0 Å². The van der Waals surface area contributed by atoms with E-state index in [0.717, 1.165) is 48.5 Å². The second-order valence-corrected chi connectivity index (χ2v) is 7.80. The van der Waals surface area contributed by atoms with Gasteiger partial charge in [0.05, 0.1) is 0 Å². The van der Waals surface area contributed by atoms with E-state index in [1.165, 1.54) is 24.3 Å². The molecule has 4 rings (SSSR count). The zero-order valence-electron chi connectivity index (χ0n) is 17.4. The first-order valence-corrected chi connectivity index (χ1v) is 10.1. The van der Waals surface area contributed by atoms with Crippen molar-refractivity contribution in [2.24, 2.45) is 0 Å². The molecule has 4 nitrogen and oxygen atoms in total. The van der Waals surface area contributed by atoms with Gasteiger partial charge in [-0.15, -0.1) is 0 Å². The van der Waals surface area contributed by atoms with Crippen molar-refractivity contribution in [2.45, 2.75) is 11.8 Å². The minimum atomic E-state index is -0.974. The molecule has 8 heteroatoms. The highest BCUT2D eigenvalue weighted by Crippen LogP contribution is 2.45. The third-order valence-corrected chi connectivity index (χ3v) is 5.66. The Bertz CT molecular complexity index is 1170. The number of phenols is 4. The van der Waals surface area contributed by atoms with Gasteiger partial charge in [0.15, 0.2) is 46.3 Å². The highest BCUT2D eigenvalue weighted by Gasteiger charge is 2.31. The molecule has 0 aliphatic heterocycles. The van der Waals surface area contributed by atoms with Gasteiger partial charge in [0, 0.05) is 11.8 Å². The molecule has 0 spiro atoms. The van der Waals surface area contributed by atoms with E-state index in [1.54, 1.807) is 0 Å². The van der Waals surface area contributed by atoms with Crippen LogP contribution < -0.4 is 0 Å². The summed E-state index contributed by atoms with van der Waals surface area (Å²) in [6.07, 6.45) is 0. The predicted octanol–water partition coefficient (Wildman–Crippen LogP) is 6.03. The van der Waals surface area contributed by atoms with E-state index >= 15 is 0 Å². The second-order valence-electron chi connectivity index (χ2n) is 7.80. The molecule has 34 heavy (non-hydrogen) atoms. The number of rotatable bonds is 5. The lowest BCUT2D eigenvalue weighted by molar-refractivity contribution is 0.428. The van der Waals surface area contributed by atoms with Crippen molar-refractivity contribution in [3.63, 3.8) is 0 Å². The van der Waals surface area contributed by atoms with Gasteiger partial charge in [-0.3, -0.25) is 0 Å². The molecule has 0 radical (unpaired) electrons. The Balaban J connectivity index is 2.03. The fraction of sp³-hybridized carbons (Fsp3) is 0.0769. The average molecular weight is 470 g/mol. The minimum absolute atomic E-state index is 0.229. The molecule has 0 saturated heterocycles. The number of benzene rings is 4. The van der Waals surface area contributed by atoms with Gasteiger partial charge >= 0.3 is 0 Å². The van der Waals surface area contributed by atoms with Crippen LogP contribution in [0, 0.1) is 23.3 Å². The third-order valence-electron chi connectivity index (χ3n) is 5.66. The van der Waals surface area contributed by atoms with Crippen LogP contribution in [0.4, 0.5) is 17.6 Å². The zero-order chi connectivity index (χ0) is 24.6. The molecule has 0 aliphatic rings. The molecule has 0 unspecified atom stereocenters. The van der Waals surface area contributed by atoms with E-state index < -0.39 is 58.1 Å². The van der Waals surface area contributed by atoms with Crippen LogP contribution in [0.1, 0.15) is 34.1 Å². The topological polar surface area (TPSA) is 80.9 Å². The maximum absolute atomic E-state index is 14.4. The van der Waals surface area contributed by atoms with E-state index in [2.05, 4.69) is 0 Å². The quantitative estimate of drug-likeness (QED) is 0.269. The lowest BCUT2D eigenvalue weighted by atomic mass is 9.73. The molecular weight excluding hydrogens is 452 g/mol. The highest BCUT2D eigenvalue weighted by molar-refractivity contribution is 5.48. The number of hydrogen-bond acceptors (Lipinski definition) is 4. The van der Waals surface area contributed by atoms with E-state index in [0.29, 0.717) is 0 Å². The summed E-state index contributed by atoms with van der Waals surface area (Å²) in [5.41, 5.74) is 0.916. The average Bonchev–Trinajstić information content (AvgIpc) is 2.80. The van der Waals surface area contributed by atoms with E-state index in [-0.39, 0.29) is 22.3 Å². The fourth-order valence-corrected chi connectivity index (χ4v) is 4.02. The van der Waals surface area contributed by atoms with Crippen molar-refractivity contribution < 1.29 is 38.0 Å². The first-order chi connectivity index (χ1) is 16.2. The summed E-state index contributed by atoms with van der Waals surface area (Å²) in [5.74, 6) is -8.29. The number of phenolic OH excluding ortho intramolecular Hbond substituents is 4. The SMILES string of the molecule is Oc1ccc(C(c2ccc(O)c(F)c2)C(c2ccc(O)c(F)c2)c2ccc(O)c(F)c2)cc1F. The van der Waals surface area contributed by atoms with Crippen LogP contribution in [-0.2, 0) is 0 Å². The molecule has 0 aromatic heterocycles. The predicted molar refractivity (Wildman–Crippen MR) is 116 cm³/mol. The van der Waals surface area contributed by atoms with Crippen LogP contribution in [0.15, 0.2) is 72.8 Å². The number of aromatic hydroxyl groups is 4. The first kappa shape index (κ1) is 23.0. The summed E-state index contributed by atoms with van der Waals surface area (Å²) < 4.78 is 57.4. The molecular formula is C26H18F4O4. The molecule has 0 heterocycles. The smallest absolute Gasteiger partial charge is 0.165 e. The van der Waals surface area contributed by atoms with Crippen molar-refractivity contribution in [1.29, 1.82) is 0 Å². The summed E-state index contributed by atoms with van der Waals surface area (Å²) in [4.78, 5) is 0. The Hall–Kier alpha value is -4.20. The summed E-state index contributed by atoms with van der Waals surface area (Å²) in [6.45, 7) is 0. The molecule has 4 aromatic carbocycles. The van der Waals surface area contributed by atoms with Gasteiger partial charge < -0.3 is 20.4 Å². The normalized spacial score (nSPS) is 11.4. The lowest BCUT2D eigenvalue weighted by Gasteiger charge is -2.30. The van der Waals surface area contributed by atoms with Crippen molar-refractivity contribution in [2.75, 3.05) is 0 Å². The first-order valence-electron chi connectivity index (χ1n) is 10.1. The number of halogens is 4. The molecule has 0 fully saturated rings. The van der Waals surface area contributed by atoms with Crippen molar-refractivity contribution in [3.8, 4) is 23.0 Å². The molecule has 0 bridgehead atoms. The van der Waals surface area contributed by atoms with Crippen LogP contribution in [0.25, 0.3) is 0 Å². The van der Waals surface area contributed by atoms with Crippen LogP contribution in [0.3, 0.4) is 0 Å². The molecule has 0 aliphatic carbocycles. The van der Waals surface area contributed by atoms with Gasteiger partial charge in [0.1, 0.15) is 0 Å². The standard InChI is InChI=1S/C26H18F4O4/c27-17-9-13(1-5-21(17)31)25(14-2-6-22(32)18(28)10-14)26(15-3-7-23(33)19(29)11-15)16-4-8-24(34)20(30)12-16/h1-12,25-26,31-34H. The summed E-state index contributed by atoms with van der Waals surface area (Å²) in [5, 5.41) is 38.6. The Kier molecular flexibility index (Phi) is 6.06. The maximum Gasteiger partial charge on any atom is 0.165 e. The molecule has 174 valence electrons. The summed E-state index contributed by atoms with van der Waals surface area (Å²) >= 11 is 0. The van der Waals surface area contributed by atoms with Gasteiger partial charge in [-0.2, -0.15) is 0 Å². The van der Waals surface area contributed by atoms with Crippen LogP contribution in [0.5, 0.6) is 23.0 Å². The highest BCUT2D eigenvalue weighted by atomic mass is 19.1. The molecule has 0 saturated carbocycles. The largest absolute Gasteiger partial charge is 0.505 e. The molecule has 4 aromatic rings. The molecule has 0 atom stereocenters. The summed E-state index contributed by atoms with van der Waals surface area (Å²) in [7, 11) is 0. The van der Waals surface area contributed by atoms with Gasteiger partial charge in [0.25, 0.3) is 0 Å². The second kappa shape index (κ2) is 8.97. The minimum Gasteiger partial charge on any atom is -0.505 e. The van der Waals surface area contributed by atoms with Crippen molar-refractivity contribution >= 4 is 0 Å². The number of hydrogen-bond donors (Lipinski definition) is 4. The van der Waals surface area contributed by atoms with Gasteiger partial charge in [-0.05, 0) is 70.8 Å². The van der Waals surface area contributed by atoms with Gasteiger partial charge in [-0.1, -0.05) is 24.3 Å². The lowest BCUT2D eigenvalue weighted by Crippen LogP contribution is -2.16. The van der Waals surface area contributed by atoms with Crippen LogP contribution >= 0.6 is 0 Å². The Labute approximate surface area is 191 Å². The maximum atomic E-state index is 14.4. The molecule has 4 N–H and O–H groups in total. The van der Waals surface area contributed by atoms with Crippen LogP contribution in [-0.4, -0.2) is 20.4 Å². The monoisotopic (exact) mass is 470 g/mol. The van der Waals surface area contributed by atoms with Gasteiger partial charge in [0.2, 0.25) is 0 Å². The van der Waals surface area contributed by atoms with Crippen LogP contribution in [0.2, 0.25) is 0 Å². The van der Waals surface area contributed by atoms with Crippen molar-refractivity contribution in [3.05, 3.63) is 118 Å². The zero-order valence-corrected chi connectivity index (χ0v) is 17.4. The summed E-state index contributed by atoms with van der Waals surface area (Å²) in [6, 6.07) is 14.0. The Morgan fingerprint density at radius 3 is 0.765 bits per heavy atom. The Morgan fingerprint density at radius 2 is 0.588 bits per heavy atom. The Morgan fingerprint density at radius 1 is 0.382 bits per heavy atom. The fourth-order valence-electron chi connectivity index (χ4n) is 4.02. The van der Waals surface area contributed by atoms with E-state index in [9.17, 15) is 38.0 Å². The molecule has 0 amide bonds.